The van der Waals surface area contributed by atoms with E-state index in [1.165, 1.54) is 17.6 Å². The van der Waals surface area contributed by atoms with E-state index >= 15 is 0 Å². The molecule has 38 heavy (non-hydrogen) atoms. The van der Waals surface area contributed by atoms with E-state index in [2.05, 4.69) is 85.5 Å². The molecule has 1 aliphatic rings. The van der Waals surface area contributed by atoms with Crippen LogP contribution < -0.4 is 0 Å². The fourth-order valence-electron chi connectivity index (χ4n) is 5.31. The minimum Gasteiger partial charge on any atom is -0.453 e. The predicted octanol–water partition coefficient (Wildman–Crippen LogP) is 8.14. The zero-order chi connectivity index (χ0) is 26.9. The van der Waals surface area contributed by atoms with E-state index in [0.29, 0.717) is 11.6 Å². The average molecular weight is 546 g/mol. The molecule has 0 saturated carbocycles. The summed E-state index contributed by atoms with van der Waals surface area (Å²) < 4.78 is 7.21. The summed E-state index contributed by atoms with van der Waals surface area (Å²) in [6.07, 6.45) is 5.61. The van der Waals surface area contributed by atoms with Gasteiger partial charge in [-0.25, -0.2) is 9.78 Å². The lowest BCUT2D eigenvalue weighted by Crippen LogP contribution is -2.30. The van der Waals surface area contributed by atoms with Crippen LogP contribution in [0.3, 0.4) is 0 Å². The maximum absolute atomic E-state index is 12.5. The van der Waals surface area contributed by atoms with E-state index in [0.717, 1.165) is 41.2 Å². The van der Waals surface area contributed by atoms with Crippen LogP contribution in [0.15, 0.2) is 83.9 Å². The third kappa shape index (κ3) is 4.95. The largest absolute Gasteiger partial charge is 0.453 e. The first-order valence-corrected chi connectivity index (χ1v) is 14.4. The number of methoxy groups -OCH3 is 1. The van der Waals surface area contributed by atoms with Gasteiger partial charge in [-0.1, -0.05) is 54.1 Å². The Labute approximate surface area is 233 Å². The molecule has 2 heterocycles. The molecule has 0 aliphatic carbocycles. The summed E-state index contributed by atoms with van der Waals surface area (Å²) in [6, 6.07) is 24.9. The molecule has 7 heteroatoms. The van der Waals surface area contributed by atoms with E-state index in [1.807, 2.05) is 18.2 Å². The molecular formula is C31H32ClN3O2S. The van der Waals surface area contributed by atoms with E-state index < -0.39 is 5.41 Å². The van der Waals surface area contributed by atoms with Crippen LogP contribution in [0.1, 0.15) is 49.8 Å². The number of hydrogen-bond donors (Lipinski definition) is 0. The zero-order valence-electron chi connectivity index (χ0n) is 22.1. The number of nitrogens with zero attached hydrogens (tertiary/aromatic N) is 3. The first-order valence-electron chi connectivity index (χ1n) is 12.8. The summed E-state index contributed by atoms with van der Waals surface area (Å²) >= 11 is 8.42. The monoisotopic (exact) mass is 545 g/mol. The van der Waals surface area contributed by atoms with Crippen LogP contribution in [-0.4, -0.2) is 40.5 Å². The Hall–Kier alpha value is -3.22. The average Bonchev–Trinajstić information content (AvgIpc) is 3.61. The molecule has 5 nitrogen and oxygen atoms in total. The summed E-state index contributed by atoms with van der Waals surface area (Å²) in [4.78, 5) is 20.7. The molecule has 3 aromatic carbocycles. The van der Waals surface area contributed by atoms with E-state index in [-0.39, 0.29) is 12.1 Å². The molecule has 0 N–H and O–H groups in total. The highest BCUT2D eigenvalue weighted by Gasteiger charge is 2.36. The molecule has 1 aliphatic heterocycles. The molecule has 0 spiro atoms. The molecule has 1 fully saturated rings. The normalized spacial score (nSPS) is 15.6. The summed E-state index contributed by atoms with van der Waals surface area (Å²) in [5, 5.41) is 0.703. The molecule has 1 unspecified atom stereocenters. The minimum absolute atomic E-state index is 0.127. The number of rotatable bonds is 6. The molecule has 0 radical (unpaired) electrons. The molecule has 1 amide bonds. The van der Waals surface area contributed by atoms with Gasteiger partial charge in [0.1, 0.15) is 5.82 Å². The second kappa shape index (κ2) is 10.9. The lowest BCUT2D eigenvalue weighted by atomic mass is 9.83. The number of likely N-dealkylation sites (tertiary alicyclic amines) is 1. The number of carbonyl (C=O) groups is 1. The molecule has 4 aromatic rings. The number of thioether (sulfide) groups is 1. The maximum Gasteiger partial charge on any atom is 0.410 e. The fraction of sp³-hybridized carbons (Fsp3) is 0.290. The van der Waals surface area contributed by atoms with Gasteiger partial charge in [0, 0.05) is 33.8 Å². The third-order valence-corrected chi connectivity index (χ3v) is 8.44. The second-order valence-electron chi connectivity index (χ2n) is 10.1. The molecule has 1 saturated heterocycles. The number of amides is 1. The molecule has 5 rings (SSSR count). The Balaban J connectivity index is 1.60. The maximum atomic E-state index is 12.5. The van der Waals surface area contributed by atoms with Crippen molar-refractivity contribution in [3.05, 3.63) is 101 Å². The topological polar surface area (TPSA) is 47.4 Å². The van der Waals surface area contributed by atoms with Gasteiger partial charge in [-0.2, -0.15) is 0 Å². The Morgan fingerprint density at radius 2 is 1.82 bits per heavy atom. The number of ether oxygens (including phenoxy) is 1. The Bertz CT molecular complexity index is 1450. The smallest absolute Gasteiger partial charge is 0.410 e. The van der Waals surface area contributed by atoms with Crippen molar-refractivity contribution in [1.82, 2.24) is 14.5 Å². The van der Waals surface area contributed by atoms with Gasteiger partial charge >= 0.3 is 6.09 Å². The van der Waals surface area contributed by atoms with Crippen molar-refractivity contribution in [2.45, 2.75) is 43.0 Å². The molecule has 196 valence electrons. The Morgan fingerprint density at radius 1 is 1.05 bits per heavy atom. The van der Waals surface area contributed by atoms with Crippen LogP contribution in [0.5, 0.6) is 0 Å². The van der Waals surface area contributed by atoms with Gasteiger partial charge < -0.3 is 9.30 Å². The zero-order valence-corrected chi connectivity index (χ0v) is 23.7. The van der Waals surface area contributed by atoms with Crippen LogP contribution in [0.25, 0.3) is 16.8 Å². The Morgan fingerprint density at radius 3 is 2.53 bits per heavy atom. The molecular weight excluding hydrogens is 514 g/mol. The number of benzene rings is 3. The van der Waals surface area contributed by atoms with Crippen LogP contribution in [0, 0.1) is 0 Å². The van der Waals surface area contributed by atoms with Gasteiger partial charge in [0.25, 0.3) is 0 Å². The highest BCUT2D eigenvalue weighted by Crippen LogP contribution is 2.39. The van der Waals surface area contributed by atoms with Crippen molar-refractivity contribution in [2.24, 2.45) is 0 Å². The summed E-state index contributed by atoms with van der Waals surface area (Å²) in [5.41, 5.74) is 4.72. The lowest BCUT2D eigenvalue weighted by Gasteiger charge is -2.27. The molecule has 1 atom stereocenters. The highest BCUT2D eigenvalue weighted by atomic mass is 35.5. The van der Waals surface area contributed by atoms with Crippen molar-refractivity contribution in [3.8, 4) is 16.8 Å². The molecule has 0 bridgehead atoms. The highest BCUT2D eigenvalue weighted by molar-refractivity contribution is 7.98. The SMILES string of the molecule is COC(=O)N1CCCC1c1cn(-c2ccc(-c3cccc(SC)c3)cc2)c(C(C)(C)c2ccccc2Cl)n1. The van der Waals surface area contributed by atoms with Gasteiger partial charge in [-0.05, 0) is 80.0 Å². The predicted molar refractivity (Wildman–Crippen MR) is 155 cm³/mol. The van der Waals surface area contributed by atoms with Crippen LogP contribution in [-0.2, 0) is 10.2 Å². The van der Waals surface area contributed by atoms with E-state index in [4.69, 9.17) is 21.3 Å². The van der Waals surface area contributed by atoms with Crippen LogP contribution >= 0.6 is 23.4 Å². The summed E-state index contributed by atoms with van der Waals surface area (Å²) in [6.45, 7) is 4.95. The first kappa shape index (κ1) is 26.4. The van der Waals surface area contributed by atoms with Gasteiger partial charge in [0.15, 0.2) is 0 Å². The summed E-state index contributed by atoms with van der Waals surface area (Å²) in [7, 11) is 1.43. The van der Waals surface area contributed by atoms with Gasteiger partial charge in [0.2, 0.25) is 0 Å². The van der Waals surface area contributed by atoms with E-state index in [1.54, 1.807) is 16.7 Å². The lowest BCUT2D eigenvalue weighted by molar-refractivity contribution is 0.118. The molecule has 1 aromatic heterocycles. The number of aromatic nitrogens is 2. The quantitative estimate of drug-likeness (QED) is 0.229. The number of carbonyl (C=O) groups excluding carboxylic acids is 1. The standard InChI is InChI=1S/C31H32ClN3O2S/c1-31(2,25-11-5-6-12-26(25)32)29-33-27(28-13-8-18-34(28)30(36)37-3)20-35(29)23-16-14-21(15-17-23)22-9-7-10-24(19-22)38-4/h5-7,9-12,14-17,19-20,28H,8,13,18H2,1-4H3. The Kier molecular flexibility index (Phi) is 7.55. The number of imidazole rings is 1. The first-order chi connectivity index (χ1) is 18.3. The van der Waals surface area contributed by atoms with Gasteiger partial charge in [0.05, 0.1) is 18.8 Å². The van der Waals surface area contributed by atoms with Crippen molar-refractivity contribution >= 4 is 29.5 Å². The van der Waals surface area contributed by atoms with Crippen molar-refractivity contribution in [3.63, 3.8) is 0 Å². The summed E-state index contributed by atoms with van der Waals surface area (Å²) in [5.74, 6) is 0.870. The van der Waals surface area contributed by atoms with Crippen LogP contribution in [0.2, 0.25) is 5.02 Å². The third-order valence-electron chi connectivity index (χ3n) is 7.38. The van der Waals surface area contributed by atoms with Gasteiger partial charge in [-0.15, -0.1) is 11.8 Å². The van der Waals surface area contributed by atoms with Crippen molar-refractivity contribution in [2.75, 3.05) is 19.9 Å². The number of hydrogen-bond acceptors (Lipinski definition) is 4. The fourth-order valence-corrected chi connectivity index (χ4v) is 6.14. The minimum atomic E-state index is -0.489. The number of halogens is 1. The van der Waals surface area contributed by atoms with Crippen molar-refractivity contribution < 1.29 is 9.53 Å². The second-order valence-corrected chi connectivity index (χ2v) is 11.4. The van der Waals surface area contributed by atoms with E-state index in [9.17, 15) is 4.79 Å². The van der Waals surface area contributed by atoms with Crippen LogP contribution in [0.4, 0.5) is 4.79 Å². The van der Waals surface area contributed by atoms with Crippen molar-refractivity contribution in [1.29, 1.82) is 0 Å². The van der Waals surface area contributed by atoms with Gasteiger partial charge in [-0.3, -0.25) is 4.90 Å².